The van der Waals surface area contributed by atoms with Crippen molar-refractivity contribution < 1.29 is 28.7 Å². The molecule has 0 fully saturated rings. The predicted octanol–water partition coefficient (Wildman–Crippen LogP) is 5.09. The van der Waals surface area contributed by atoms with Crippen molar-refractivity contribution in [3.63, 3.8) is 0 Å². The number of nitrogens with one attached hydrogen (secondary N) is 4. The van der Waals surface area contributed by atoms with Crippen molar-refractivity contribution in [2.75, 3.05) is 38.1 Å². The number of hydrogen-bond donors (Lipinski definition) is 5. The number of anilines is 2. The summed E-state index contributed by atoms with van der Waals surface area (Å²) in [6.45, 7) is 3.74. The van der Waals surface area contributed by atoms with Crippen molar-refractivity contribution in [3.8, 4) is 11.5 Å². The molecule has 17 heteroatoms. The van der Waals surface area contributed by atoms with E-state index >= 15 is 0 Å². The fourth-order valence-electron chi connectivity index (χ4n) is 4.96. The Bertz CT molecular complexity index is 1800. The molecule has 0 aliphatic rings. The molecule has 4 rings (SSSR count). The van der Waals surface area contributed by atoms with Crippen molar-refractivity contribution in [3.05, 3.63) is 77.1 Å². The number of amides is 4. The number of unbranched alkanes of at least 4 members (excludes halogenated alkanes) is 2. The maximum absolute atomic E-state index is 13.9. The zero-order valence-corrected chi connectivity index (χ0v) is 31.5. The number of ether oxygens (including phenoxy) is 2. The van der Waals surface area contributed by atoms with Crippen molar-refractivity contribution >= 4 is 83.3 Å². The van der Waals surface area contributed by atoms with Crippen LogP contribution < -0.4 is 36.4 Å². The molecule has 3 aromatic carbocycles. The van der Waals surface area contributed by atoms with Crippen LogP contribution in [0.2, 0.25) is 0 Å². The number of methoxy groups -OCH3 is 1. The molecule has 1 aromatic heterocycles. The van der Waals surface area contributed by atoms with Crippen LogP contribution in [0.5, 0.6) is 11.5 Å². The number of fused-ring (bicyclic) bond motifs is 1. The number of hydrogen-bond acceptors (Lipinski definition) is 9. The minimum Gasteiger partial charge on any atom is -0.495 e. The molecule has 0 saturated heterocycles. The van der Waals surface area contributed by atoms with Crippen molar-refractivity contribution in [1.29, 1.82) is 0 Å². The Balaban J connectivity index is 0.00000433. The van der Waals surface area contributed by atoms with Crippen LogP contribution in [0.15, 0.2) is 54.6 Å². The summed E-state index contributed by atoms with van der Waals surface area (Å²) < 4.78 is 11.6. The van der Waals surface area contributed by atoms with Gasteiger partial charge in [-0.05, 0) is 74.2 Å². The molecule has 0 aliphatic heterocycles. The lowest BCUT2D eigenvalue weighted by molar-refractivity contribution is -0.125. The van der Waals surface area contributed by atoms with Crippen LogP contribution in [0, 0.1) is 6.92 Å². The minimum atomic E-state index is -0.558. The summed E-state index contributed by atoms with van der Waals surface area (Å²) in [7, 11) is 4.94. The normalized spacial score (nSPS) is 10.3. The van der Waals surface area contributed by atoms with Crippen LogP contribution in [0.4, 0.5) is 11.4 Å². The number of aromatic amines is 1. The number of hydrazine groups is 2. The average molecular weight is 768 g/mol. The quantitative estimate of drug-likeness (QED) is 0.0862. The third-order valence-electron chi connectivity index (χ3n) is 7.18. The molecule has 0 atom stereocenters. The number of carbonyl (C=O) groups is 4. The summed E-state index contributed by atoms with van der Waals surface area (Å²) in [5.41, 5.74) is 14.3. The molecule has 4 aromatic rings. The lowest BCUT2D eigenvalue weighted by Crippen LogP contribution is -2.45. The van der Waals surface area contributed by atoms with Gasteiger partial charge in [-0.25, -0.2) is 15.0 Å². The average Bonchev–Trinajstić information content (AvgIpc) is 3.49. The highest BCUT2D eigenvalue weighted by atomic mass is 35.5. The number of carbonyl (C=O) groups excluding carboxylic acids is 4. The van der Waals surface area contributed by atoms with E-state index in [-0.39, 0.29) is 61.0 Å². The monoisotopic (exact) mass is 766 g/mol. The SMILES string of the molecule is COc1cc(C(=O)N(NC(C)=O)c2ccc(C)cc2OCCCCCC(=O)NN(C)C)ccc1NC(=O)c1cccc2[nH]c(CN)nc12.Cl.Cl.Cl. The molecule has 0 saturated carbocycles. The summed E-state index contributed by atoms with van der Waals surface area (Å²) >= 11 is 0. The Kier molecular flexibility index (Phi) is 18.2. The highest BCUT2D eigenvalue weighted by Crippen LogP contribution is 2.32. The van der Waals surface area contributed by atoms with Crippen LogP contribution in [0.3, 0.4) is 0 Å². The van der Waals surface area contributed by atoms with E-state index in [9.17, 15) is 19.2 Å². The highest BCUT2D eigenvalue weighted by Gasteiger charge is 2.24. The van der Waals surface area contributed by atoms with E-state index in [4.69, 9.17) is 15.2 Å². The van der Waals surface area contributed by atoms with Gasteiger partial charge in [0, 0.05) is 33.0 Å². The van der Waals surface area contributed by atoms with Gasteiger partial charge in [-0.3, -0.25) is 30.0 Å². The number of aryl methyl sites for hydroxylation is 1. The fourth-order valence-corrected chi connectivity index (χ4v) is 4.96. The van der Waals surface area contributed by atoms with Crippen molar-refractivity contribution in [2.24, 2.45) is 5.73 Å². The molecule has 6 N–H and O–H groups in total. The third kappa shape index (κ3) is 12.0. The molecule has 14 nitrogen and oxygen atoms in total. The van der Waals surface area contributed by atoms with E-state index in [1.807, 2.05) is 13.0 Å². The Morgan fingerprint density at radius 1 is 0.922 bits per heavy atom. The molecular formula is C34H45Cl3N8O6. The number of halogens is 3. The molecule has 1 heterocycles. The largest absolute Gasteiger partial charge is 0.495 e. The van der Waals surface area contributed by atoms with Crippen LogP contribution >= 0.6 is 37.2 Å². The van der Waals surface area contributed by atoms with Gasteiger partial charge in [0.1, 0.15) is 28.5 Å². The summed E-state index contributed by atoms with van der Waals surface area (Å²) in [5.74, 6) is -0.308. The number of benzene rings is 3. The zero-order valence-electron chi connectivity index (χ0n) is 29.0. The second kappa shape index (κ2) is 20.9. The highest BCUT2D eigenvalue weighted by molar-refractivity contribution is 6.13. The van der Waals surface area contributed by atoms with Crippen LogP contribution in [-0.2, 0) is 16.1 Å². The lowest BCUT2D eigenvalue weighted by Gasteiger charge is -2.25. The van der Waals surface area contributed by atoms with E-state index in [0.717, 1.165) is 17.0 Å². The Morgan fingerprint density at radius 3 is 2.33 bits per heavy atom. The molecule has 0 radical (unpaired) electrons. The number of para-hydroxylation sites is 1. The molecule has 51 heavy (non-hydrogen) atoms. The van der Waals surface area contributed by atoms with Gasteiger partial charge in [-0.2, -0.15) is 0 Å². The van der Waals surface area contributed by atoms with E-state index in [1.54, 1.807) is 55.5 Å². The third-order valence-corrected chi connectivity index (χ3v) is 7.18. The van der Waals surface area contributed by atoms with Gasteiger partial charge in [0.05, 0.1) is 37.0 Å². The topological polar surface area (TPSA) is 184 Å². The van der Waals surface area contributed by atoms with Gasteiger partial charge in [0.25, 0.3) is 11.8 Å². The lowest BCUT2D eigenvalue weighted by atomic mass is 10.1. The Morgan fingerprint density at radius 2 is 1.67 bits per heavy atom. The Hall–Kier alpha value is -4.60. The number of nitrogens with two attached hydrogens (primary N) is 1. The molecule has 0 aliphatic carbocycles. The summed E-state index contributed by atoms with van der Waals surface area (Å²) in [6.07, 6.45) is 2.56. The summed E-state index contributed by atoms with van der Waals surface area (Å²) in [5, 5.41) is 5.57. The van der Waals surface area contributed by atoms with E-state index in [0.29, 0.717) is 65.4 Å². The molecule has 0 unspecified atom stereocenters. The van der Waals surface area contributed by atoms with Gasteiger partial charge in [-0.15, -0.1) is 37.2 Å². The molecule has 4 amide bonds. The second-order valence-electron chi connectivity index (χ2n) is 11.3. The number of H-pyrrole nitrogens is 1. The first kappa shape index (κ1) is 44.4. The number of aromatic nitrogens is 2. The standard InChI is InChI=1S/C34H42N8O6.3ClH/c1-21-13-16-27(29(18-21)48-17-8-6-7-12-31(44)40-41(3)4)42(39-22(2)43)34(46)23-14-15-25(28(19-23)47-5)37-33(45)24-10-9-11-26-32(24)38-30(20-35)36-26;;;/h9-11,13-16,18-19H,6-8,12,17,20,35H2,1-5H3,(H,36,38)(H,37,45)(H,39,43)(H,40,44);3*1H. The molecular weight excluding hydrogens is 723 g/mol. The predicted molar refractivity (Wildman–Crippen MR) is 204 cm³/mol. The van der Waals surface area contributed by atoms with Gasteiger partial charge in [0.2, 0.25) is 11.8 Å². The molecule has 0 bridgehead atoms. The van der Waals surface area contributed by atoms with Gasteiger partial charge < -0.3 is 25.5 Å². The summed E-state index contributed by atoms with van der Waals surface area (Å²) in [6, 6.07) is 15.1. The van der Waals surface area contributed by atoms with Gasteiger partial charge in [0.15, 0.2) is 0 Å². The van der Waals surface area contributed by atoms with E-state index in [2.05, 4.69) is 26.1 Å². The second-order valence-corrected chi connectivity index (χ2v) is 11.3. The fraction of sp³-hybridized carbons (Fsp3) is 0.324. The first-order valence-corrected chi connectivity index (χ1v) is 15.5. The summed E-state index contributed by atoms with van der Waals surface area (Å²) in [4.78, 5) is 58.9. The van der Waals surface area contributed by atoms with E-state index < -0.39 is 17.7 Å². The number of rotatable bonds is 14. The first-order valence-electron chi connectivity index (χ1n) is 15.5. The smallest absolute Gasteiger partial charge is 0.277 e. The molecule has 0 spiro atoms. The first-order chi connectivity index (χ1) is 23.0. The number of imidazole rings is 1. The maximum atomic E-state index is 13.9. The Labute approximate surface area is 315 Å². The van der Waals surface area contributed by atoms with Crippen molar-refractivity contribution in [1.82, 2.24) is 25.8 Å². The number of nitrogens with zero attached hydrogens (tertiary/aromatic N) is 3. The van der Waals surface area contributed by atoms with E-state index in [1.165, 1.54) is 26.2 Å². The van der Waals surface area contributed by atoms with Crippen molar-refractivity contribution in [2.45, 2.75) is 46.1 Å². The van der Waals surface area contributed by atoms with Gasteiger partial charge in [-0.1, -0.05) is 12.1 Å². The van der Waals surface area contributed by atoms with Crippen LogP contribution in [-0.4, -0.2) is 66.4 Å². The zero-order chi connectivity index (χ0) is 34.8. The minimum absolute atomic E-state index is 0. The molecule has 278 valence electrons. The van der Waals surface area contributed by atoms with Crippen LogP contribution in [0.25, 0.3) is 11.0 Å². The maximum Gasteiger partial charge on any atom is 0.277 e. The van der Waals surface area contributed by atoms with Crippen LogP contribution in [0.1, 0.15) is 64.7 Å². The van der Waals surface area contributed by atoms with Gasteiger partial charge >= 0.3 is 0 Å².